The lowest BCUT2D eigenvalue weighted by molar-refractivity contribution is 1.05. The summed E-state index contributed by atoms with van der Waals surface area (Å²) in [5, 5.41) is 10.0. The van der Waals surface area contributed by atoms with Crippen LogP contribution in [0, 0.1) is 6.92 Å². The highest BCUT2D eigenvalue weighted by atomic mass is 15.1. The lowest BCUT2D eigenvalue weighted by atomic mass is 10.2. The van der Waals surface area contributed by atoms with Gasteiger partial charge in [0, 0.05) is 11.4 Å². The lowest BCUT2D eigenvalue weighted by Gasteiger charge is -2.04. The summed E-state index contributed by atoms with van der Waals surface area (Å²) in [4.78, 5) is 0. The summed E-state index contributed by atoms with van der Waals surface area (Å²) in [6.07, 6.45) is 1.76. The van der Waals surface area contributed by atoms with E-state index in [-0.39, 0.29) is 0 Å². The Balaban J connectivity index is 2.19. The number of anilines is 3. The van der Waals surface area contributed by atoms with Gasteiger partial charge in [0.2, 0.25) is 0 Å². The normalized spacial score (nSPS) is 10.1. The van der Waals surface area contributed by atoms with Crippen LogP contribution in [0.25, 0.3) is 0 Å². The molecule has 1 aromatic heterocycles. The van der Waals surface area contributed by atoms with Crippen LogP contribution in [0.5, 0.6) is 0 Å². The maximum Gasteiger partial charge on any atom is 0.0797 e. The Labute approximate surface area is 82.1 Å². The molecule has 2 aromatic rings. The fourth-order valence-electron chi connectivity index (χ4n) is 1.20. The van der Waals surface area contributed by atoms with Gasteiger partial charge in [0.05, 0.1) is 17.6 Å². The van der Waals surface area contributed by atoms with E-state index in [0.29, 0.717) is 0 Å². The number of aromatic amines is 1. The molecule has 0 aliphatic heterocycles. The van der Waals surface area contributed by atoms with E-state index in [1.165, 1.54) is 0 Å². The van der Waals surface area contributed by atoms with Crippen molar-refractivity contribution in [3.05, 3.63) is 36.2 Å². The highest BCUT2D eigenvalue weighted by molar-refractivity contribution is 5.62. The number of H-pyrrole nitrogens is 1. The van der Waals surface area contributed by atoms with Gasteiger partial charge in [-0.3, -0.25) is 5.10 Å². The van der Waals surface area contributed by atoms with Crippen molar-refractivity contribution in [2.45, 2.75) is 6.92 Å². The maximum absolute atomic E-state index is 5.58. The number of hydrogen-bond donors (Lipinski definition) is 3. The van der Waals surface area contributed by atoms with Gasteiger partial charge in [-0.15, -0.1) is 0 Å². The monoisotopic (exact) mass is 188 g/mol. The van der Waals surface area contributed by atoms with Crippen LogP contribution in [0.4, 0.5) is 17.1 Å². The number of nitrogens with one attached hydrogen (secondary N) is 2. The van der Waals surface area contributed by atoms with Gasteiger partial charge in [-0.05, 0) is 31.2 Å². The first-order valence-electron chi connectivity index (χ1n) is 4.38. The summed E-state index contributed by atoms with van der Waals surface area (Å²) in [6, 6.07) is 7.58. The van der Waals surface area contributed by atoms with Gasteiger partial charge in [-0.1, -0.05) is 0 Å². The molecule has 0 aliphatic carbocycles. The van der Waals surface area contributed by atoms with Crippen molar-refractivity contribution >= 4 is 17.1 Å². The first-order valence-corrected chi connectivity index (χ1v) is 4.38. The number of aromatic nitrogens is 2. The third-order valence-corrected chi connectivity index (χ3v) is 2.02. The molecule has 0 saturated carbocycles. The third kappa shape index (κ3) is 1.69. The molecule has 4 heteroatoms. The number of benzene rings is 1. The van der Waals surface area contributed by atoms with Crippen molar-refractivity contribution in [1.29, 1.82) is 0 Å². The molecule has 0 saturated heterocycles. The largest absolute Gasteiger partial charge is 0.399 e. The quantitative estimate of drug-likeness (QED) is 0.632. The van der Waals surface area contributed by atoms with E-state index in [0.717, 1.165) is 22.8 Å². The molecule has 0 fully saturated rings. The Morgan fingerprint density at radius 2 is 2.00 bits per heavy atom. The summed E-state index contributed by atoms with van der Waals surface area (Å²) in [5.41, 5.74) is 9.35. The van der Waals surface area contributed by atoms with Crippen molar-refractivity contribution in [3.63, 3.8) is 0 Å². The lowest BCUT2D eigenvalue weighted by Crippen LogP contribution is -1.91. The fraction of sp³-hybridized carbons (Fsp3) is 0.100. The first-order chi connectivity index (χ1) is 6.75. The van der Waals surface area contributed by atoms with Gasteiger partial charge in [-0.2, -0.15) is 5.10 Å². The molecule has 72 valence electrons. The number of nitrogen functional groups attached to an aromatic ring is 1. The van der Waals surface area contributed by atoms with Crippen molar-refractivity contribution in [2.24, 2.45) is 0 Å². The second-order valence-electron chi connectivity index (χ2n) is 3.16. The van der Waals surface area contributed by atoms with E-state index >= 15 is 0 Å². The Morgan fingerprint density at radius 1 is 1.29 bits per heavy atom. The van der Waals surface area contributed by atoms with E-state index in [1.54, 1.807) is 6.20 Å². The Bertz CT molecular complexity index is 416. The molecule has 1 heterocycles. The first kappa shape index (κ1) is 8.62. The average Bonchev–Trinajstić information content (AvgIpc) is 2.56. The SMILES string of the molecule is Cc1[nH]ncc1Nc1ccc(N)cc1. The van der Waals surface area contributed by atoms with Gasteiger partial charge in [0.15, 0.2) is 0 Å². The van der Waals surface area contributed by atoms with Crippen molar-refractivity contribution < 1.29 is 0 Å². The number of hydrogen-bond acceptors (Lipinski definition) is 3. The predicted molar refractivity (Wildman–Crippen MR) is 57.5 cm³/mol. The zero-order valence-electron chi connectivity index (χ0n) is 7.91. The molecule has 0 spiro atoms. The number of aryl methyl sites for hydroxylation is 1. The van der Waals surface area contributed by atoms with Crippen molar-refractivity contribution in [2.75, 3.05) is 11.1 Å². The summed E-state index contributed by atoms with van der Waals surface area (Å²) in [6.45, 7) is 1.96. The highest BCUT2D eigenvalue weighted by Crippen LogP contribution is 2.18. The zero-order valence-corrected chi connectivity index (χ0v) is 7.91. The molecule has 2 rings (SSSR count). The number of rotatable bonds is 2. The molecule has 0 bridgehead atoms. The average molecular weight is 188 g/mol. The molecule has 0 radical (unpaired) electrons. The Morgan fingerprint density at radius 3 is 2.57 bits per heavy atom. The van der Waals surface area contributed by atoms with Crippen LogP contribution >= 0.6 is 0 Å². The molecule has 4 nitrogen and oxygen atoms in total. The molecular weight excluding hydrogens is 176 g/mol. The minimum absolute atomic E-state index is 0.763. The fourth-order valence-corrected chi connectivity index (χ4v) is 1.20. The van der Waals surface area contributed by atoms with Gasteiger partial charge in [0.1, 0.15) is 0 Å². The Hall–Kier alpha value is -1.97. The number of nitrogens with zero attached hydrogens (tertiary/aromatic N) is 1. The molecule has 1 aromatic carbocycles. The van der Waals surface area contributed by atoms with Crippen molar-refractivity contribution in [1.82, 2.24) is 10.2 Å². The molecular formula is C10H12N4. The molecule has 0 unspecified atom stereocenters. The summed E-state index contributed by atoms with van der Waals surface area (Å²) >= 11 is 0. The van der Waals surface area contributed by atoms with Crippen LogP contribution in [0.3, 0.4) is 0 Å². The van der Waals surface area contributed by atoms with E-state index < -0.39 is 0 Å². The van der Waals surface area contributed by atoms with E-state index in [4.69, 9.17) is 5.73 Å². The predicted octanol–water partition coefficient (Wildman–Crippen LogP) is 2.04. The zero-order chi connectivity index (χ0) is 9.97. The van der Waals surface area contributed by atoms with Gasteiger partial charge >= 0.3 is 0 Å². The van der Waals surface area contributed by atoms with Gasteiger partial charge < -0.3 is 11.1 Å². The molecule has 0 amide bonds. The second kappa shape index (κ2) is 3.41. The van der Waals surface area contributed by atoms with E-state index in [2.05, 4.69) is 15.5 Å². The van der Waals surface area contributed by atoms with Gasteiger partial charge in [0.25, 0.3) is 0 Å². The van der Waals surface area contributed by atoms with Crippen LogP contribution in [0.1, 0.15) is 5.69 Å². The minimum Gasteiger partial charge on any atom is -0.399 e. The minimum atomic E-state index is 0.763. The van der Waals surface area contributed by atoms with Crippen molar-refractivity contribution in [3.8, 4) is 0 Å². The molecule has 0 atom stereocenters. The maximum atomic E-state index is 5.58. The summed E-state index contributed by atoms with van der Waals surface area (Å²) < 4.78 is 0. The molecule has 4 N–H and O–H groups in total. The highest BCUT2D eigenvalue weighted by Gasteiger charge is 1.99. The summed E-state index contributed by atoms with van der Waals surface area (Å²) in [5.74, 6) is 0. The smallest absolute Gasteiger partial charge is 0.0797 e. The van der Waals surface area contributed by atoms with Crippen LogP contribution in [-0.2, 0) is 0 Å². The second-order valence-corrected chi connectivity index (χ2v) is 3.16. The van der Waals surface area contributed by atoms with E-state index in [1.807, 2.05) is 31.2 Å². The molecule has 0 aliphatic rings. The van der Waals surface area contributed by atoms with Crippen LogP contribution in [-0.4, -0.2) is 10.2 Å². The number of nitrogens with two attached hydrogens (primary N) is 1. The van der Waals surface area contributed by atoms with Crippen LogP contribution < -0.4 is 11.1 Å². The van der Waals surface area contributed by atoms with E-state index in [9.17, 15) is 0 Å². The topological polar surface area (TPSA) is 66.7 Å². The summed E-state index contributed by atoms with van der Waals surface area (Å²) in [7, 11) is 0. The van der Waals surface area contributed by atoms with Crippen LogP contribution in [0.15, 0.2) is 30.5 Å². The van der Waals surface area contributed by atoms with Gasteiger partial charge in [-0.25, -0.2) is 0 Å². The van der Waals surface area contributed by atoms with Crippen LogP contribution in [0.2, 0.25) is 0 Å². The third-order valence-electron chi connectivity index (χ3n) is 2.02. The standard InChI is InChI=1S/C10H12N4/c1-7-10(6-12-14-7)13-9-4-2-8(11)3-5-9/h2-6,13H,11H2,1H3,(H,12,14). The molecule has 14 heavy (non-hydrogen) atoms. The Kier molecular flexibility index (Phi) is 2.10.